The van der Waals surface area contributed by atoms with Gasteiger partial charge in [-0.05, 0) is 66.1 Å². The average molecular weight is 338 g/mol. The number of fused-ring (bicyclic) bond motifs is 1. The minimum absolute atomic E-state index is 0.716. The molecular weight excluding hydrogens is 327 g/mol. The van der Waals surface area contributed by atoms with Gasteiger partial charge in [0, 0.05) is 9.13 Å². The third kappa shape index (κ3) is 2.26. The second-order valence-corrected chi connectivity index (χ2v) is 5.26. The van der Waals surface area contributed by atoms with E-state index in [-0.39, 0.29) is 0 Å². The molecule has 0 fully saturated rings. The van der Waals surface area contributed by atoms with Gasteiger partial charge < -0.3 is 4.74 Å². The monoisotopic (exact) mass is 338 g/mol. The highest BCUT2D eigenvalue weighted by molar-refractivity contribution is 14.1. The Balaban J connectivity index is 1.91. The van der Waals surface area contributed by atoms with Crippen molar-refractivity contribution in [3.8, 4) is 11.6 Å². The van der Waals surface area contributed by atoms with Gasteiger partial charge in [-0.25, -0.2) is 9.97 Å². The van der Waals surface area contributed by atoms with Gasteiger partial charge >= 0.3 is 0 Å². The molecule has 86 valence electrons. The van der Waals surface area contributed by atoms with Crippen LogP contribution in [0.15, 0.2) is 30.6 Å². The Hall–Kier alpha value is -1.17. The summed E-state index contributed by atoms with van der Waals surface area (Å²) in [7, 11) is 0. The number of aryl methyl sites for hydroxylation is 1. The Labute approximate surface area is 113 Å². The van der Waals surface area contributed by atoms with Crippen molar-refractivity contribution in [2.24, 2.45) is 0 Å². The summed E-state index contributed by atoms with van der Waals surface area (Å²) < 4.78 is 7.02. The summed E-state index contributed by atoms with van der Waals surface area (Å²) in [5.41, 5.74) is 2.31. The molecule has 1 aliphatic carbocycles. The lowest BCUT2D eigenvalue weighted by molar-refractivity contribution is 0.455. The second-order valence-electron chi connectivity index (χ2n) is 4.01. The van der Waals surface area contributed by atoms with E-state index in [0.29, 0.717) is 5.88 Å². The molecule has 1 aliphatic rings. The molecule has 0 amide bonds. The Kier molecular flexibility index (Phi) is 2.96. The summed E-state index contributed by atoms with van der Waals surface area (Å²) >= 11 is 2.28. The maximum Gasteiger partial charge on any atom is 0.225 e. The van der Waals surface area contributed by atoms with Crippen molar-refractivity contribution in [1.29, 1.82) is 0 Å². The van der Waals surface area contributed by atoms with Crippen molar-refractivity contribution in [3.63, 3.8) is 0 Å². The normalized spacial score (nSPS) is 13.5. The number of halogens is 1. The van der Waals surface area contributed by atoms with Gasteiger partial charge in [-0.1, -0.05) is 0 Å². The number of hydrogen-bond donors (Lipinski definition) is 0. The van der Waals surface area contributed by atoms with E-state index in [0.717, 1.165) is 30.7 Å². The SMILES string of the molecule is Ic1ccc(Oc2ncnc3c2CCC3)cc1. The van der Waals surface area contributed by atoms with Crippen LogP contribution in [0.25, 0.3) is 0 Å². The summed E-state index contributed by atoms with van der Waals surface area (Å²) in [5, 5.41) is 0. The maximum atomic E-state index is 5.82. The largest absolute Gasteiger partial charge is 0.439 e. The molecule has 0 radical (unpaired) electrons. The quantitative estimate of drug-likeness (QED) is 0.788. The molecule has 1 aromatic heterocycles. The molecule has 0 atom stereocenters. The van der Waals surface area contributed by atoms with Crippen LogP contribution in [0.4, 0.5) is 0 Å². The van der Waals surface area contributed by atoms with Gasteiger partial charge in [0.05, 0.1) is 5.69 Å². The number of aromatic nitrogens is 2. The third-order valence-corrected chi connectivity index (χ3v) is 3.58. The molecule has 3 rings (SSSR count). The topological polar surface area (TPSA) is 35.0 Å². The Morgan fingerprint density at radius 2 is 1.88 bits per heavy atom. The first-order chi connectivity index (χ1) is 8.33. The van der Waals surface area contributed by atoms with Crippen LogP contribution < -0.4 is 4.74 Å². The highest BCUT2D eigenvalue weighted by Crippen LogP contribution is 2.30. The van der Waals surface area contributed by atoms with E-state index in [1.165, 1.54) is 9.13 Å². The third-order valence-electron chi connectivity index (χ3n) is 2.86. The molecule has 4 heteroatoms. The molecule has 3 nitrogen and oxygen atoms in total. The predicted octanol–water partition coefficient (Wildman–Crippen LogP) is 3.36. The smallest absolute Gasteiger partial charge is 0.225 e. The number of rotatable bonds is 2. The van der Waals surface area contributed by atoms with E-state index in [4.69, 9.17) is 4.74 Å². The Morgan fingerprint density at radius 1 is 1.06 bits per heavy atom. The van der Waals surface area contributed by atoms with Gasteiger partial charge in [0.15, 0.2) is 0 Å². The fraction of sp³-hybridized carbons (Fsp3) is 0.231. The lowest BCUT2D eigenvalue weighted by Gasteiger charge is -2.08. The molecule has 0 saturated carbocycles. The van der Waals surface area contributed by atoms with Gasteiger partial charge in [-0.15, -0.1) is 0 Å². The Bertz CT molecular complexity index is 540. The molecular formula is C13H11IN2O. The summed E-state index contributed by atoms with van der Waals surface area (Å²) in [5.74, 6) is 1.55. The van der Waals surface area contributed by atoms with Crippen LogP contribution in [-0.2, 0) is 12.8 Å². The fourth-order valence-electron chi connectivity index (χ4n) is 2.03. The molecule has 0 unspecified atom stereocenters. The van der Waals surface area contributed by atoms with Crippen molar-refractivity contribution in [2.75, 3.05) is 0 Å². The van der Waals surface area contributed by atoms with Crippen molar-refractivity contribution in [1.82, 2.24) is 9.97 Å². The van der Waals surface area contributed by atoms with Crippen molar-refractivity contribution >= 4 is 22.6 Å². The minimum Gasteiger partial charge on any atom is -0.439 e. The zero-order valence-corrected chi connectivity index (χ0v) is 11.3. The molecule has 0 aliphatic heterocycles. The summed E-state index contributed by atoms with van der Waals surface area (Å²) in [4.78, 5) is 8.52. The zero-order valence-electron chi connectivity index (χ0n) is 9.19. The van der Waals surface area contributed by atoms with Crippen LogP contribution in [0.3, 0.4) is 0 Å². The second kappa shape index (κ2) is 4.60. The molecule has 0 saturated heterocycles. The van der Waals surface area contributed by atoms with E-state index in [1.54, 1.807) is 6.33 Å². The van der Waals surface area contributed by atoms with Gasteiger partial charge in [0.2, 0.25) is 5.88 Å². The first kappa shape index (κ1) is 11.0. The van der Waals surface area contributed by atoms with E-state index in [9.17, 15) is 0 Å². The number of ether oxygens (including phenoxy) is 1. The zero-order chi connectivity index (χ0) is 11.7. The molecule has 17 heavy (non-hydrogen) atoms. The van der Waals surface area contributed by atoms with Crippen molar-refractivity contribution < 1.29 is 4.74 Å². The molecule has 1 heterocycles. The summed E-state index contributed by atoms with van der Waals surface area (Å²) in [6, 6.07) is 7.98. The molecule has 0 bridgehead atoms. The standard InChI is InChI=1S/C13H11IN2O/c14-9-4-6-10(7-5-9)17-13-11-2-1-3-12(11)15-8-16-13/h4-8H,1-3H2. The lowest BCUT2D eigenvalue weighted by atomic mass is 10.2. The maximum absolute atomic E-state index is 5.82. The van der Waals surface area contributed by atoms with Crippen molar-refractivity contribution in [2.45, 2.75) is 19.3 Å². The highest BCUT2D eigenvalue weighted by atomic mass is 127. The highest BCUT2D eigenvalue weighted by Gasteiger charge is 2.18. The number of benzene rings is 1. The van der Waals surface area contributed by atoms with E-state index in [2.05, 4.69) is 32.6 Å². The van der Waals surface area contributed by atoms with Crippen LogP contribution in [0.1, 0.15) is 17.7 Å². The van der Waals surface area contributed by atoms with Crippen LogP contribution in [0.5, 0.6) is 11.6 Å². The molecule has 2 aromatic rings. The van der Waals surface area contributed by atoms with E-state index >= 15 is 0 Å². The van der Waals surface area contributed by atoms with Crippen LogP contribution in [0.2, 0.25) is 0 Å². The van der Waals surface area contributed by atoms with E-state index < -0.39 is 0 Å². The fourth-order valence-corrected chi connectivity index (χ4v) is 2.39. The lowest BCUT2D eigenvalue weighted by Crippen LogP contribution is -1.96. The number of hydrogen-bond acceptors (Lipinski definition) is 3. The summed E-state index contributed by atoms with van der Waals surface area (Å²) in [6.45, 7) is 0. The van der Waals surface area contributed by atoms with Crippen LogP contribution in [0, 0.1) is 3.57 Å². The van der Waals surface area contributed by atoms with Crippen LogP contribution >= 0.6 is 22.6 Å². The van der Waals surface area contributed by atoms with Gasteiger partial charge in [0.1, 0.15) is 12.1 Å². The number of nitrogens with zero attached hydrogens (tertiary/aromatic N) is 2. The van der Waals surface area contributed by atoms with Crippen molar-refractivity contribution in [3.05, 3.63) is 45.4 Å². The average Bonchev–Trinajstić information content (AvgIpc) is 2.81. The van der Waals surface area contributed by atoms with Gasteiger partial charge in [-0.3, -0.25) is 0 Å². The predicted molar refractivity (Wildman–Crippen MR) is 73.3 cm³/mol. The Morgan fingerprint density at radius 3 is 2.71 bits per heavy atom. The van der Waals surface area contributed by atoms with Gasteiger partial charge in [0.25, 0.3) is 0 Å². The molecule has 0 N–H and O–H groups in total. The summed E-state index contributed by atoms with van der Waals surface area (Å²) in [6.07, 6.45) is 4.81. The molecule has 1 aromatic carbocycles. The van der Waals surface area contributed by atoms with E-state index in [1.807, 2.05) is 24.3 Å². The van der Waals surface area contributed by atoms with Crippen LogP contribution in [-0.4, -0.2) is 9.97 Å². The van der Waals surface area contributed by atoms with Gasteiger partial charge in [-0.2, -0.15) is 0 Å². The molecule has 0 spiro atoms. The minimum atomic E-state index is 0.716. The first-order valence-corrected chi connectivity index (χ1v) is 6.67. The first-order valence-electron chi connectivity index (χ1n) is 5.59.